The van der Waals surface area contributed by atoms with Gasteiger partial charge in [0.15, 0.2) is 16.8 Å². The molecule has 27 heavy (non-hydrogen) atoms. The first-order valence-corrected chi connectivity index (χ1v) is 7.96. The van der Waals surface area contributed by atoms with Crippen molar-refractivity contribution in [3.63, 3.8) is 0 Å². The first-order chi connectivity index (χ1) is 12.7. The van der Waals surface area contributed by atoms with Gasteiger partial charge in [-0.3, -0.25) is 14.6 Å². The van der Waals surface area contributed by atoms with Crippen molar-refractivity contribution >= 4 is 29.1 Å². The molecule has 1 fully saturated rings. The van der Waals surface area contributed by atoms with Crippen LogP contribution in [0, 0.1) is 0 Å². The maximum absolute atomic E-state index is 11.9. The zero-order chi connectivity index (χ0) is 19.5. The second-order valence-corrected chi connectivity index (χ2v) is 6.58. The van der Waals surface area contributed by atoms with Crippen LogP contribution in [0.5, 0.6) is 0 Å². The van der Waals surface area contributed by atoms with Gasteiger partial charge in [0.2, 0.25) is 5.95 Å². The molecule has 0 bridgehead atoms. The quantitative estimate of drug-likeness (QED) is 0.397. The molecule has 3 heterocycles. The fourth-order valence-corrected chi connectivity index (χ4v) is 3.69. The van der Waals surface area contributed by atoms with E-state index in [2.05, 4.69) is 15.0 Å². The Morgan fingerprint density at radius 2 is 2.19 bits per heavy atom. The smallest absolute Gasteiger partial charge is 0.336 e. The standard InChI is InChI=1S/C15H15N5O7/c16-14-18-11-8(12(24)19-14)17-4-20(11)6-1-5-2-15(13(25)26,3-7(21)22)27-10(5)9(6)23/h1,4,6,9-10,23H,2-3H2,(H,21,22)(H,25,26)(H3,16,18,19,24). The van der Waals surface area contributed by atoms with Crippen molar-refractivity contribution < 1.29 is 29.6 Å². The number of nitrogens with one attached hydrogen (secondary N) is 1. The van der Waals surface area contributed by atoms with Crippen molar-refractivity contribution in [3.8, 4) is 0 Å². The van der Waals surface area contributed by atoms with E-state index in [0.29, 0.717) is 5.57 Å². The number of carboxylic acid groups (broad SMARTS) is 2. The predicted octanol–water partition coefficient (Wildman–Crippen LogP) is -1.37. The lowest BCUT2D eigenvalue weighted by Crippen LogP contribution is -2.43. The molecule has 1 saturated heterocycles. The lowest BCUT2D eigenvalue weighted by Gasteiger charge is -2.26. The second kappa shape index (κ2) is 5.62. The van der Waals surface area contributed by atoms with Crippen molar-refractivity contribution in [2.45, 2.75) is 36.7 Å². The number of carboxylic acids is 2. The SMILES string of the molecule is Nc1nc2c(ncn2C2C=C3CC(CC(=O)O)(C(=O)O)OC3C2O)c(=O)[nH]1. The third-order valence-electron chi connectivity index (χ3n) is 4.85. The van der Waals surface area contributed by atoms with E-state index in [-0.39, 0.29) is 23.5 Å². The normalized spacial score (nSPS) is 29.7. The molecule has 4 unspecified atom stereocenters. The molecule has 12 heteroatoms. The molecule has 1 aliphatic carbocycles. The lowest BCUT2D eigenvalue weighted by molar-refractivity contribution is -0.175. The van der Waals surface area contributed by atoms with Crippen molar-refractivity contribution in [2.24, 2.45) is 0 Å². The highest BCUT2D eigenvalue weighted by Gasteiger charge is 2.56. The van der Waals surface area contributed by atoms with Gasteiger partial charge in [-0.25, -0.2) is 9.78 Å². The van der Waals surface area contributed by atoms with Crippen molar-refractivity contribution in [3.05, 3.63) is 28.3 Å². The van der Waals surface area contributed by atoms with Crippen LogP contribution in [0.4, 0.5) is 5.95 Å². The van der Waals surface area contributed by atoms with Crippen LogP contribution in [-0.2, 0) is 14.3 Å². The van der Waals surface area contributed by atoms with E-state index in [1.54, 1.807) is 6.08 Å². The number of nitrogens with zero attached hydrogens (tertiary/aromatic N) is 3. The minimum Gasteiger partial charge on any atom is -0.481 e. The van der Waals surface area contributed by atoms with Gasteiger partial charge in [-0.2, -0.15) is 4.98 Å². The molecule has 0 amide bonds. The molecule has 0 radical (unpaired) electrons. The summed E-state index contributed by atoms with van der Waals surface area (Å²) < 4.78 is 6.94. The number of hydrogen-bond acceptors (Lipinski definition) is 8. The number of aromatic amines is 1. The van der Waals surface area contributed by atoms with E-state index < -0.39 is 47.8 Å². The number of imidazole rings is 1. The molecule has 0 spiro atoms. The van der Waals surface area contributed by atoms with E-state index in [9.17, 15) is 24.6 Å². The number of anilines is 1. The molecule has 0 aromatic carbocycles. The van der Waals surface area contributed by atoms with Crippen LogP contribution in [0.15, 0.2) is 22.8 Å². The minimum absolute atomic E-state index is 0.0403. The Bertz CT molecular complexity index is 1060. The third-order valence-corrected chi connectivity index (χ3v) is 4.85. The number of aliphatic hydroxyl groups excluding tert-OH is 1. The van der Waals surface area contributed by atoms with Gasteiger partial charge < -0.3 is 30.4 Å². The molecule has 0 saturated carbocycles. The van der Waals surface area contributed by atoms with E-state index in [1.807, 2.05) is 0 Å². The Balaban J connectivity index is 1.73. The number of hydrogen-bond donors (Lipinski definition) is 5. The molecular formula is C15H15N5O7. The first-order valence-electron chi connectivity index (χ1n) is 7.96. The average Bonchev–Trinajstić information content (AvgIpc) is 3.20. The summed E-state index contributed by atoms with van der Waals surface area (Å²) in [5.74, 6) is -2.83. The molecule has 2 aliphatic rings. The van der Waals surface area contributed by atoms with Crippen LogP contribution < -0.4 is 11.3 Å². The minimum atomic E-state index is -1.93. The number of nitrogen functional groups attached to an aromatic ring is 1. The number of fused-ring (bicyclic) bond motifs is 2. The van der Waals surface area contributed by atoms with Gasteiger partial charge in [-0.15, -0.1) is 0 Å². The van der Waals surface area contributed by atoms with Crippen molar-refractivity contribution in [2.75, 3.05) is 5.73 Å². The van der Waals surface area contributed by atoms with Crippen LogP contribution in [0.2, 0.25) is 0 Å². The van der Waals surface area contributed by atoms with Crippen LogP contribution in [0.25, 0.3) is 11.2 Å². The van der Waals surface area contributed by atoms with E-state index >= 15 is 0 Å². The Morgan fingerprint density at radius 3 is 2.81 bits per heavy atom. The summed E-state index contributed by atoms with van der Waals surface area (Å²) in [6, 6.07) is -0.722. The number of aliphatic hydroxyl groups is 1. The van der Waals surface area contributed by atoms with Crippen LogP contribution >= 0.6 is 0 Å². The van der Waals surface area contributed by atoms with E-state index in [0.717, 1.165) is 0 Å². The number of nitrogens with two attached hydrogens (primary N) is 1. The maximum Gasteiger partial charge on any atom is 0.336 e. The molecule has 2 aromatic rings. The molecule has 142 valence electrons. The summed E-state index contributed by atoms with van der Waals surface area (Å²) in [5.41, 5.74) is 3.78. The highest BCUT2D eigenvalue weighted by Crippen LogP contribution is 2.46. The Hall–Kier alpha value is -3.25. The Morgan fingerprint density at radius 1 is 1.44 bits per heavy atom. The average molecular weight is 377 g/mol. The zero-order valence-electron chi connectivity index (χ0n) is 13.7. The number of aliphatic carboxylic acids is 2. The highest BCUT2D eigenvalue weighted by atomic mass is 16.6. The summed E-state index contributed by atoms with van der Waals surface area (Å²) in [4.78, 5) is 44.8. The number of ether oxygens (including phenoxy) is 1. The molecule has 4 atom stereocenters. The fraction of sp³-hybridized carbons (Fsp3) is 0.400. The van der Waals surface area contributed by atoms with E-state index in [1.165, 1.54) is 10.9 Å². The van der Waals surface area contributed by atoms with Crippen LogP contribution in [-0.4, -0.2) is 64.6 Å². The Labute approximate surface area is 149 Å². The predicted molar refractivity (Wildman–Crippen MR) is 87.8 cm³/mol. The van der Waals surface area contributed by atoms with E-state index in [4.69, 9.17) is 15.6 Å². The third kappa shape index (κ3) is 2.49. The van der Waals surface area contributed by atoms with Crippen molar-refractivity contribution in [1.82, 2.24) is 19.5 Å². The molecule has 4 rings (SSSR count). The summed E-state index contributed by atoms with van der Waals surface area (Å²) >= 11 is 0. The zero-order valence-corrected chi connectivity index (χ0v) is 13.7. The monoisotopic (exact) mass is 377 g/mol. The lowest BCUT2D eigenvalue weighted by atomic mass is 9.94. The molecule has 12 nitrogen and oxygen atoms in total. The van der Waals surface area contributed by atoms with Gasteiger partial charge in [0.05, 0.1) is 18.8 Å². The molecule has 6 N–H and O–H groups in total. The summed E-state index contributed by atoms with van der Waals surface area (Å²) in [6.45, 7) is 0. The van der Waals surface area contributed by atoms with Gasteiger partial charge in [0, 0.05) is 6.42 Å². The van der Waals surface area contributed by atoms with Gasteiger partial charge >= 0.3 is 11.9 Å². The number of carbonyl (C=O) groups is 2. The summed E-state index contributed by atoms with van der Waals surface area (Å²) in [7, 11) is 0. The highest BCUT2D eigenvalue weighted by molar-refractivity contribution is 5.85. The first kappa shape index (κ1) is 17.2. The topological polar surface area (TPSA) is 194 Å². The molecule has 2 aromatic heterocycles. The maximum atomic E-state index is 11.9. The second-order valence-electron chi connectivity index (χ2n) is 6.58. The Kier molecular flexibility index (Phi) is 3.58. The van der Waals surface area contributed by atoms with Crippen molar-refractivity contribution in [1.29, 1.82) is 0 Å². The summed E-state index contributed by atoms with van der Waals surface area (Å²) in [6.07, 6.45) is -0.191. The van der Waals surface area contributed by atoms with Gasteiger partial charge in [0.25, 0.3) is 5.56 Å². The number of H-pyrrole nitrogens is 1. The van der Waals surface area contributed by atoms with Gasteiger partial charge in [-0.05, 0) is 5.57 Å². The van der Waals surface area contributed by atoms with Crippen LogP contribution in [0.1, 0.15) is 18.9 Å². The molecule has 1 aliphatic heterocycles. The summed E-state index contributed by atoms with van der Waals surface area (Å²) in [5, 5.41) is 29.1. The largest absolute Gasteiger partial charge is 0.481 e. The van der Waals surface area contributed by atoms with Gasteiger partial charge in [-0.1, -0.05) is 6.08 Å². The van der Waals surface area contributed by atoms with Gasteiger partial charge in [0.1, 0.15) is 12.2 Å². The van der Waals surface area contributed by atoms with Crippen LogP contribution in [0.3, 0.4) is 0 Å². The fourth-order valence-electron chi connectivity index (χ4n) is 3.69. The number of rotatable bonds is 4. The number of aromatic nitrogens is 4. The molecular weight excluding hydrogens is 362 g/mol.